The molecule has 0 saturated heterocycles. The Morgan fingerprint density at radius 1 is 1.00 bits per heavy atom. The van der Waals surface area contributed by atoms with Gasteiger partial charge in [-0.1, -0.05) is 89.7 Å². The summed E-state index contributed by atoms with van der Waals surface area (Å²) in [6.07, 6.45) is 17.3. The first-order valence-electron chi connectivity index (χ1n) is 15.8. The molecule has 39 heavy (non-hydrogen) atoms. The van der Waals surface area contributed by atoms with Gasteiger partial charge in [-0.15, -0.1) is 0 Å². The van der Waals surface area contributed by atoms with Crippen LogP contribution in [0.25, 0.3) is 5.57 Å². The summed E-state index contributed by atoms with van der Waals surface area (Å²) in [5, 5.41) is 0. The topological polar surface area (TPSA) is 51.2 Å². The van der Waals surface area contributed by atoms with Crippen molar-refractivity contribution in [2.75, 3.05) is 0 Å². The van der Waals surface area contributed by atoms with Gasteiger partial charge in [0.2, 0.25) is 0 Å². The maximum atomic E-state index is 13.4. The second-order valence-corrected chi connectivity index (χ2v) is 12.5. The minimum atomic E-state index is -0.0851. The van der Waals surface area contributed by atoms with Crippen LogP contribution in [0.5, 0.6) is 0 Å². The number of carbonyl (C=O) groups excluding carboxylic acids is 3. The molecule has 3 unspecified atom stereocenters. The third kappa shape index (κ3) is 8.60. The first-order valence-corrected chi connectivity index (χ1v) is 15.8. The normalized spacial score (nSPS) is 19.8. The smallest absolute Gasteiger partial charge is 0.163 e. The molecular formula is C36H52O3. The van der Waals surface area contributed by atoms with E-state index in [-0.39, 0.29) is 41.5 Å². The number of allylic oxidation sites excluding steroid dienone is 4. The van der Waals surface area contributed by atoms with Gasteiger partial charge in [-0.3, -0.25) is 14.4 Å². The Bertz CT molecular complexity index is 1080. The van der Waals surface area contributed by atoms with Crippen molar-refractivity contribution in [1.82, 2.24) is 0 Å². The molecule has 1 fully saturated rings. The standard InChI is InChI=1S/C33H44O3.C3H8/c1-5-7-26(28(6-2)31(35)16-22(4)34)18-25-19-30-29(15-8-21(3)33(30)32(36)20-25)27-14-13-24(17-27)12-11-23-9-10-23;1-3-2/h8,13-15,23,25-26,28H,5-7,9-12,16-20H2,1-4H3;3H2,1-2H3. The number of rotatable bonds is 13. The summed E-state index contributed by atoms with van der Waals surface area (Å²) in [6, 6.07) is 4.37. The predicted molar refractivity (Wildman–Crippen MR) is 163 cm³/mol. The van der Waals surface area contributed by atoms with Gasteiger partial charge in [0.05, 0.1) is 6.42 Å². The van der Waals surface area contributed by atoms with Crippen molar-refractivity contribution in [3.63, 3.8) is 0 Å². The third-order valence-electron chi connectivity index (χ3n) is 8.76. The molecule has 0 amide bonds. The van der Waals surface area contributed by atoms with E-state index in [4.69, 9.17) is 0 Å². The van der Waals surface area contributed by atoms with Crippen LogP contribution in [-0.2, 0) is 16.0 Å². The zero-order valence-corrected chi connectivity index (χ0v) is 25.5. The monoisotopic (exact) mass is 532 g/mol. The summed E-state index contributed by atoms with van der Waals surface area (Å²) in [7, 11) is 0. The molecule has 0 heterocycles. The SMILES string of the molecule is CCC.CCCC(CC1CC(=O)c2c(C)ccc(C3=CC=C(CCC4CC4)C3)c2C1)C(CC)C(=O)CC(C)=O. The van der Waals surface area contributed by atoms with Gasteiger partial charge in [0.1, 0.15) is 11.6 Å². The molecule has 0 bridgehead atoms. The van der Waals surface area contributed by atoms with Gasteiger partial charge >= 0.3 is 0 Å². The van der Waals surface area contributed by atoms with Crippen LogP contribution in [0.4, 0.5) is 0 Å². The van der Waals surface area contributed by atoms with E-state index in [1.54, 1.807) is 0 Å². The highest BCUT2D eigenvalue weighted by Crippen LogP contribution is 2.42. The third-order valence-corrected chi connectivity index (χ3v) is 8.76. The molecule has 1 saturated carbocycles. The van der Waals surface area contributed by atoms with E-state index in [0.717, 1.165) is 55.6 Å². The molecule has 0 aliphatic heterocycles. The Labute approximate surface area is 237 Å². The van der Waals surface area contributed by atoms with Gasteiger partial charge in [0.15, 0.2) is 5.78 Å². The van der Waals surface area contributed by atoms with Crippen molar-refractivity contribution in [3.8, 4) is 0 Å². The average Bonchev–Trinajstić information content (AvgIpc) is 3.59. The van der Waals surface area contributed by atoms with E-state index >= 15 is 0 Å². The lowest BCUT2D eigenvalue weighted by Crippen LogP contribution is -2.30. The number of aryl methyl sites for hydroxylation is 1. The zero-order chi connectivity index (χ0) is 28.5. The lowest BCUT2D eigenvalue weighted by atomic mass is 9.71. The summed E-state index contributed by atoms with van der Waals surface area (Å²) in [5.74, 6) is 1.66. The highest BCUT2D eigenvalue weighted by molar-refractivity contribution is 6.01. The van der Waals surface area contributed by atoms with Crippen LogP contribution in [0.15, 0.2) is 29.9 Å². The fourth-order valence-electron chi connectivity index (χ4n) is 6.77. The summed E-state index contributed by atoms with van der Waals surface area (Å²) in [5.41, 5.74) is 7.42. The van der Waals surface area contributed by atoms with Crippen molar-refractivity contribution in [1.29, 1.82) is 0 Å². The van der Waals surface area contributed by atoms with Crippen LogP contribution in [0.2, 0.25) is 0 Å². The summed E-state index contributed by atoms with van der Waals surface area (Å²) in [4.78, 5) is 38.0. The minimum absolute atomic E-state index is 0.0404. The molecule has 3 nitrogen and oxygen atoms in total. The number of hydrogen-bond donors (Lipinski definition) is 0. The molecule has 0 N–H and O–H groups in total. The summed E-state index contributed by atoms with van der Waals surface area (Å²) < 4.78 is 0. The molecular weight excluding hydrogens is 480 g/mol. The van der Waals surface area contributed by atoms with Gasteiger partial charge < -0.3 is 0 Å². The Balaban J connectivity index is 0.00000134. The molecule has 214 valence electrons. The molecule has 1 aromatic rings. The number of Topliss-reactive ketones (excluding diaryl/α,β-unsaturated/α-hetero) is 3. The van der Waals surface area contributed by atoms with Crippen LogP contribution in [0.1, 0.15) is 139 Å². The number of ketones is 3. The first-order chi connectivity index (χ1) is 18.7. The molecule has 1 aromatic carbocycles. The molecule has 0 spiro atoms. The Morgan fingerprint density at radius 3 is 2.33 bits per heavy atom. The van der Waals surface area contributed by atoms with E-state index in [2.05, 4.69) is 58.9 Å². The maximum absolute atomic E-state index is 13.4. The van der Waals surface area contributed by atoms with E-state index in [1.807, 2.05) is 0 Å². The van der Waals surface area contributed by atoms with Crippen molar-refractivity contribution < 1.29 is 14.4 Å². The molecule has 3 heteroatoms. The van der Waals surface area contributed by atoms with Gasteiger partial charge in [0.25, 0.3) is 0 Å². The maximum Gasteiger partial charge on any atom is 0.163 e. The molecule has 3 aliphatic carbocycles. The van der Waals surface area contributed by atoms with Crippen LogP contribution < -0.4 is 0 Å². The van der Waals surface area contributed by atoms with Gasteiger partial charge in [-0.2, -0.15) is 0 Å². The van der Waals surface area contributed by atoms with Crippen molar-refractivity contribution in [3.05, 3.63) is 52.1 Å². The largest absolute Gasteiger partial charge is 0.300 e. The number of hydrogen-bond acceptors (Lipinski definition) is 3. The summed E-state index contributed by atoms with van der Waals surface area (Å²) in [6.45, 7) is 12.0. The van der Waals surface area contributed by atoms with E-state index < -0.39 is 0 Å². The molecule has 4 rings (SSSR count). The van der Waals surface area contributed by atoms with E-state index in [0.29, 0.717) is 6.42 Å². The fraction of sp³-hybridized carbons (Fsp3) is 0.639. The fourth-order valence-corrected chi connectivity index (χ4v) is 6.77. The highest BCUT2D eigenvalue weighted by Gasteiger charge is 2.34. The van der Waals surface area contributed by atoms with Crippen LogP contribution in [-0.4, -0.2) is 17.3 Å². The Hall–Kier alpha value is -2.29. The van der Waals surface area contributed by atoms with Crippen molar-refractivity contribution >= 4 is 22.9 Å². The Kier molecular flexibility index (Phi) is 11.9. The van der Waals surface area contributed by atoms with Gasteiger partial charge in [-0.05, 0) is 92.4 Å². The van der Waals surface area contributed by atoms with Crippen LogP contribution in [0, 0.1) is 30.6 Å². The zero-order valence-electron chi connectivity index (χ0n) is 25.5. The average molecular weight is 533 g/mol. The number of carbonyl (C=O) groups is 3. The van der Waals surface area contributed by atoms with E-state index in [1.165, 1.54) is 61.3 Å². The van der Waals surface area contributed by atoms with Crippen molar-refractivity contribution in [2.45, 2.75) is 125 Å². The number of fused-ring (bicyclic) bond motifs is 1. The quantitative estimate of drug-likeness (QED) is 0.238. The van der Waals surface area contributed by atoms with Crippen LogP contribution in [0.3, 0.4) is 0 Å². The lowest BCUT2D eigenvalue weighted by Gasteiger charge is -2.32. The predicted octanol–water partition coefficient (Wildman–Crippen LogP) is 9.44. The Morgan fingerprint density at radius 2 is 1.72 bits per heavy atom. The first kappa shape index (κ1) is 31.2. The molecule has 0 aromatic heterocycles. The molecule has 3 aliphatic rings. The lowest BCUT2D eigenvalue weighted by molar-refractivity contribution is -0.129. The molecule has 3 atom stereocenters. The second kappa shape index (κ2) is 14.9. The van der Waals surface area contributed by atoms with Crippen LogP contribution >= 0.6 is 0 Å². The minimum Gasteiger partial charge on any atom is -0.300 e. The summed E-state index contributed by atoms with van der Waals surface area (Å²) >= 11 is 0. The highest BCUT2D eigenvalue weighted by atomic mass is 16.1. The molecule has 0 radical (unpaired) electrons. The number of benzene rings is 1. The van der Waals surface area contributed by atoms with Crippen molar-refractivity contribution in [2.24, 2.45) is 23.7 Å². The van der Waals surface area contributed by atoms with Gasteiger partial charge in [-0.25, -0.2) is 0 Å². The second-order valence-electron chi connectivity index (χ2n) is 12.5. The van der Waals surface area contributed by atoms with Gasteiger partial charge in [0, 0.05) is 17.9 Å². The van der Waals surface area contributed by atoms with E-state index in [9.17, 15) is 14.4 Å².